The largest absolute Gasteiger partial charge is 0.508 e. The molecule has 2 rings (SSSR count). The van der Waals surface area contributed by atoms with Crippen molar-refractivity contribution < 1.29 is 14.7 Å². The molecule has 90 valence electrons. The van der Waals surface area contributed by atoms with Crippen molar-refractivity contribution >= 4 is 17.5 Å². The SMILES string of the molecule is CN(C(=O)C1CC(=O)NN1)c1ccc(O)cc1. The number of phenols is 1. The number of likely N-dealkylation sites (N-methyl/N-ethyl adjacent to an activating group) is 1. The van der Waals surface area contributed by atoms with Crippen molar-refractivity contribution in [2.75, 3.05) is 11.9 Å². The highest BCUT2D eigenvalue weighted by Crippen LogP contribution is 2.18. The van der Waals surface area contributed by atoms with E-state index in [1.54, 1.807) is 19.2 Å². The quantitative estimate of drug-likeness (QED) is 0.660. The lowest BCUT2D eigenvalue weighted by atomic mass is 10.2. The number of carbonyl (C=O) groups excluding carboxylic acids is 2. The molecule has 1 aromatic carbocycles. The van der Waals surface area contributed by atoms with Crippen molar-refractivity contribution in [2.45, 2.75) is 12.5 Å². The van der Waals surface area contributed by atoms with E-state index >= 15 is 0 Å². The van der Waals surface area contributed by atoms with Gasteiger partial charge in [-0.1, -0.05) is 0 Å². The zero-order valence-electron chi connectivity index (χ0n) is 9.30. The van der Waals surface area contributed by atoms with Crippen LogP contribution >= 0.6 is 0 Å². The zero-order valence-corrected chi connectivity index (χ0v) is 9.30. The highest BCUT2D eigenvalue weighted by atomic mass is 16.3. The van der Waals surface area contributed by atoms with Crippen LogP contribution in [0.5, 0.6) is 5.75 Å². The number of benzene rings is 1. The summed E-state index contributed by atoms with van der Waals surface area (Å²) in [5, 5.41) is 9.15. The minimum absolute atomic E-state index is 0.140. The van der Waals surface area contributed by atoms with Gasteiger partial charge in [0.05, 0.1) is 6.42 Å². The van der Waals surface area contributed by atoms with Gasteiger partial charge >= 0.3 is 0 Å². The smallest absolute Gasteiger partial charge is 0.246 e. The molecule has 1 aliphatic rings. The standard InChI is InChI=1S/C11H13N3O3/c1-14(7-2-4-8(15)5-3-7)11(17)9-6-10(16)13-12-9/h2-5,9,12,15H,6H2,1H3,(H,13,16). The number of hydrazine groups is 1. The van der Waals surface area contributed by atoms with Gasteiger partial charge in [-0.15, -0.1) is 0 Å². The number of hydrogen-bond donors (Lipinski definition) is 3. The maximum absolute atomic E-state index is 12.0. The molecule has 6 heteroatoms. The predicted molar refractivity (Wildman–Crippen MR) is 61.2 cm³/mol. The summed E-state index contributed by atoms with van der Waals surface area (Å²) in [7, 11) is 1.62. The number of rotatable bonds is 2. The lowest BCUT2D eigenvalue weighted by Gasteiger charge is -2.20. The average Bonchev–Trinajstić information content (AvgIpc) is 2.75. The van der Waals surface area contributed by atoms with E-state index in [1.165, 1.54) is 17.0 Å². The van der Waals surface area contributed by atoms with Crippen LogP contribution in [0.1, 0.15) is 6.42 Å². The van der Waals surface area contributed by atoms with Crippen LogP contribution in [0.2, 0.25) is 0 Å². The normalized spacial score (nSPS) is 18.9. The van der Waals surface area contributed by atoms with Gasteiger partial charge in [0.2, 0.25) is 11.8 Å². The van der Waals surface area contributed by atoms with Gasteiger partial charge in [0, 0.05) is 12.7 Å². The fraction of sp³-hybridized carbons (Fsp3) is 0.273. The lowest BCUT2D eigenvalue weighted by Crippen LogP contribution is -2.44. The molecular formula is C11H13N3O3. The third-order valence-corrected chi connectivity index (χ3v) is 2.64. The molecule has 1 saturated heterocycles. The summed E-state index contributed by atoms with van der Waals surface area (Å²) >= 11 is 0. The van der Waals surface area contributed by atoms with Crippen molar-refractivity contribution in [3.8, 4) is 5.75 Å². The zero-order chi connectivity index (χ0) is 12.4. The van der Waals surface area contributed by atoms with Crippen LogP contribution in [0.4, 0.5) is 5.69 Å². The van der Waals surface area contributed by atoms with Crippen molar-refractivity contribution in [2.24, 2.45) is 0 Å². The number of carbonyl (C=O) groups is 2. The molecule has 1 atom stereocenters. The Balaban J connectivity index is 2.09. The van der Waals surface area contributed by atoms with E-state index in [1.807, 2.05) is 0 Å². The van der Waals surface area contributed by atoms with Crippen LogP contribution in [0, 0.1) is 0 Å². The van der Waals surface area contributed by atoms with Crippen molar-refractivity contribution in [3.05, 3.63) is 24.3 Å². The molecule has 1 aliphatic heterocycles. The Morgan fingerprint density at radius 3 is 2.59 bits per heavy atom. The molecule has 1 unspecified atom stereocenters. The van der Waals surface area contributed by atoms with E-state index in [4.69, 9.17) is 5.11 Å². The minimum Gasteiger partial charge on any atom is -0.508 e. The summed E-state index contributed by atoms with van der Waals surface area (Å²) in [4.78, 5) is 24.4. The van der Waals surface area contributed by atoms with Crippen molar-refractivity contribution in [1.29, 1.82) is 0 Å². The van der Waals surface area contributed by atoms with E-state index in [-0.39, 0.29) is 24.0 Å². The Morgan fingerprint density at radius 2 is 2.06 bits per heavy atom. The highest BCUT2D eigenvalue weighted by Gasteiger charge is 2.30. The third kappa shape index (κ3) is 2.36. The second kappa shape index (κ2) is 4.42. The summed E-state index contributed by atoms with van der Waals surface area (Å²) < 4.78 is 0. The molecule has 1 fully saturated rings. The predicted octanol–water partition coefficient (Wildman–Crippen LogP) is -0.252. The molecule has 1 aromatic rings. The van der Waals surface area contributed by atoms with E-state index in [9.17, 15) is 9.59 Å². The first-order chi connectivity index (χ1) is 8.08. The second-order valence-electron chi connectivity index (χ2n) is 3.86. The maximum atomic E-state index is 12.0. The molecule has 0 aliphatic carbocycles. The summed E-state index contributed by atoms with van der Waals surface area (Å²) in [6, 6.07) is 5.74. The Kier molecular flexibility index (Phi) is 2.97. The molecule has 1 heterocycles. The molecule has 17 heavy (non-hydrogen) atoms. The van der Waals surface area contributed by atoms with Crippen molar-refractivity contribution in [1.82, 2.24) is 10.9 Å². The fourth-order valence-corrected chi connectivity index (χ4v) is 1.64. The Morgan fingerprint density at radius 1 is 1.41 bits per heavy atom. The molecule has 0 spiro atoms. The number of anilines is 1. The first-order valence-electron chi connectivity index (χ1n) is 5.19. The van der Waals surface area contributed by atoms with Crippen LogP contribution in [0.3, 0.4) is 0 Å². The van der Waals surface area contributed by atoms with Crippen LogP contribution < -0.4 is 15.8 Å². The Hall–Kier alpha value is -2.08. The number of nitrogens with zero attached hydrogens (tertiary/aromatic N) is 1. The van der Waals surface area contributed by atoms with E-state index < -0.39 is 6.04 Å². The lowest BCUT2D eigenvalue weighted by molar-refractivity contribution is -0.122. The van der Waals surface area contributed by atoms with Gasteiger partial charge in [-0.2, -0.15) is 0 Å². The number of nitrogens with one attached hydrogen (secondary N) is 2. The van der Waals surface area contributed by atoms with Crippen LogP contribution in [0.15, 0.2) is 24.3 Å². The van der Waals surface area contributed by atoms with Crippen LogP contribution in [0.25, 0.3) is 0 Å². The Labute approximate surface area is 98.2 Å². The topological polar surface area (TPSA) is 81.7 Å². The second-order valence-corrected chi connectivity index (χ2v) is 3.86. The van der Waals surface area contributed by atoms with Gasteiger partial charge in [-0.3, -0.25) is 15.0 Å². The molecule has 3 N–H and O–H groups in total. The van der Waals surface area contributed by atoms with Crippen molar-refractivity contribution in [3.63, 3.8) is 0 Å². The molecule has 0 bridgehead atoms. The summed E-state index contributed by atoms with van der Waals surface area (Å²) in [6.45, 7) is 0. The molecule has 0 saturated carbocycles. The molecule has 0 aromatic heterocycles. The van der Waals surface area contributed by atoms with Gasteiger partial charge in [0.15, 0.2) is 0 Å². The number of amides is 2. The number of hydrogen-bond acceptors (Lipinski definition) is 4. The van der Waals surface area contributed by atoms with Gasteiger partial charge < -0.3 is 10.0 Å². The van der Waals surface area contributed by atoms with E-state index in [2.05, 4.69) is 10.9 Å². The molecule has 6 nitrogen and oxygen atoms in total. The first kappa shape index (κ1) is 11.4. The number of aromatic hydroxyl groups is 1. The van der Waals surface area contributed by atoms with Crippen LogP contribution in [-0.2, 0) is 9.59 Å². The van der Waals surface area contributed by atoms with Crippen LogP contribution in [-0.4, -0.2) is 30.0 Å². The van der Waals surface area contributed by atoms with Gasteiger partial charge in [-0.25, -0.2) is 5.43 Å². The third-order valence-electron chi connectivity index (χ3n) is 2.64. The monoisotopic (exact) mass is 235 g/mol. The van der Waals surface area contributed by atoms with Gasteiger partial charge in [0.1, 0.15) is 11.8 Å². The highest BCUT2D eigenvalue weighted by molar-refractivity contribution is 6.00. The van der Waals surface area contributed by atoms with E-state index in [0.717, 1.165) is 0 Å². The number of phenolic OH excluding ortho intramolecular Hbond substituents is 1. The Bertz CT molecular complexity index is 444. The van der Waals surface area contributed by atoms with Gasteiger partial charge in [-0.05, 0) is 24.3 Å². The average molecular weight is 235 g/mol. The molecule has 0 radical (unpaired) electrons. The van der Waals surface area contributed by atoms with E-state index in [0.29, 0.717) is 5.69 Å². The fourth-order valence-electron chi connectivity index (χ4n) is 1.64. The summed E-state index contributed by atoms with van der Waals surface area (Å²) in [6.07, 6.45) is 0.140. The summed E-state index contributed by atoms with van der Waals surface area (Å²) in [5.41, 5.74) is 5.68. The molecule has 2 amide bonds. The minimum atomic E-state index is -0.540. The summed E-state index contributed by atoms with van der Waals surface area (Å²) in [5.74, 6) is -0.248. The van der Waals surface area contributed by atoms with Gasteiger partial charge in [0.25, 0.3) is 0 Å². The first-order valence-corrected chi connectivity index (χ1v) is 5.19. The maximum Gasteiger partial charge on any atom is 0.246 e. The molecular weight excluding hydrogens is 222 g/mol.